The predicted molar refractivity (Wildman–Crippen MR) is 58.6 cm³/mol. The van der Waals surface area contributed by atoms with Crippen molar-refractivity contribution in [2.75, 3.05) is 6.54 Å². The molecule has 0 aromatic heterocycles. The van der Waals surface area contributed by atoms with Gasteiger partial charge in [-0.15, -0.1) is 0 Å². The lowest BCUT2D eigenvalue weighted by Crippen LogP contribution is -2.52. The van der Waals surface area contributed by atoms with E-state index in [1.165, 1.54) is 4.90 Å². The first kappa shape index (κ1) is 13.9. The third kappa shape index (κ3) is 3.53. The van der Waals surface area contributed by atoms with E-state index in [2.05, 4.69) is 0 Å². The van der Waals surface area contributed by atoms with Crippen LogP contribution in [-0.4, -0.2) is 34.0 Å². The number of carboxylic acid groups (broad SMARTS) is 1. The number of hydrogen-bond acceptors (Lipinski definition) is 2. The van der Waals surface area contributed by atoms with Gasteiger partial charge in [0.25, 0.3) is 0 Å². The molecule has 0 aliphatic heterocycles. The molecule has 4 heteroatoms. The number of aliphatic carboxylic acids is 1. The summed E-state index contributed by atoms with van der Waals surface area (Å²) in [7, 11) is 0. The van der Waals surface area contributed by atoms with Crippen LogP contribution in [0.3, 0.4) is 0 Å². The molecule has 0 aromatic carbocycles. The number of unbranched alkanes of at least 4 members (excludes halogenated alkanes) is 1. The van der Waals surface area contributed by atoms with Crippen LogP contribution in [0.1, 0.15) is 47.0 Å². The van der Waals surface area contributed by atoms with Gasteiger partial charge in [-0.3, -0.25) is 4.79 Å². The number of likely N-dealkylation sites (N-methyl/N-ethyl adjacent to an activating group) is 1. The fourth-order valence-electron chi connectivity index (χ4n) is 1.46. The monoisotopic (exact) mass is 215 g/mol. The Hall–Kier alpha value is -1.06. The van der Waals surface area contributed by atoms with E-state index in [0.717, 1.165) is 12.8 Å². The van der Waals surface area contributed by atoms with Crippen LogP contribution in [0.2, 0.25) is 0 Å². The zero-order chi connectivity index (χ0) is 12.1. The Labute approximate surface area is 91.3 Å². The van der Waals surface area contributed by atoms with E-state index in [1.807, 2.05) is 6.92 Å². The summed E-state index contributed by atoms with van der Waals surface area (Å²) < 4.78 is 0. The third-order valence-electron chi connectivity index (χ3n) is 2.56. The maximum Gasteiger partial charge on any atom is 0.329 e. The summed E-state index contributed by atoms with van der Waals surface area (Å²) in [5.41, 5.74) is -1.11. The molecule has 0 heterocycles. The minimum absolute atomic E-state index is 0.0771. The SMILES string of the molecule is CCCCC(=O)N(CC)C(C)(C)C(=O)O. The van der Waals surface area contributed by atoms with E-state index in [9.17, 15) is 9.59 Å². The van der Waals surface area contributed by atoms with Crippen molar-refractivity contribution in [3.05, 3.63) is 0 Å². The number of carbonyl (C=O) groups excluding carboxylic acids is 1. The number of nitrogens with zero attached hydrogens (tertiary/aromatic N) is 1. The van der Waals surface area contributed by atoms with Gasteiger partial charge in [-0.05, 0) is 27.2 Å². The van der Waals surface area contributed by atoms with Crippen molar-refractivity contribution in [3.63, 3.8) is 0 Å². The number of rotatable bonds is 6. The Balaban J connectivity index is 4.61. The average molecular weight is 215 g/mol. The minimum Gasteiger partial charge on any atom is -0.480 e. The summed E-state index contributed by atoms with van der Waals surface area (Å²) in [6, 6.07) is 0. The smallest absolute Gasteiger partial charge is 0.329 e. The van der Waals surface area contributed by atoms with E-state index in [-0.39, 0.29) is 5.91 Å². The van der Waals surface area contributed by atoms with Gasteiger partial charge < -0.3 is 10.0 Å². The lowest BCUT2D eigenvalue weighted by Gasteiger charge is -2.34. The Morgan fingerprint density at radius 1 is 1.27 bits per heavy atom. The number of hydrogen-bond donors (Lipinski definition) is 1. The summed E-state index contributed by atoms with van der Waals surface area (Å²) in [6.45, 7) is 7.35. The first-order valence-electron chi connectivity index (χ1n) is 5.41. The summed E-state index contributed by atoms with van der Waals surface area (Å²) >= 11 is 0. The standard InChI is InChI=1S/C11H21NO3/c1-5-7-8-9(13)12(6-2)11(3,4)10(14)15/h5-8H2,1-4H3,(H,14,15). The molecule has 0 spiro atoms. The fraction of sp³-hybridized carbons (Fsp3) is 0.818. The highest BCUT2D eigenvalue weighted by Gasteiger charge is 2.36. The Bertz CT molecular complexity index is 236. The molecule has 0 saturated carbocycles. The van der Waals surface area contributed by atoms with Gasteiger partial charge in [-0.2, -0.15) is 0 Å². The van der Waals surface area contributed by atoms with E-state index in [0.29, 0.717) is 13.0 Å². The molecule has 0 aliphatic rings. The van der Waals surface area contributed by atoms with Gasteiger partial charge >= 0.3 is 5.97 Å². The average Bonchev–Trinajstić information content (AvgIpc) is 2.15. The van der Waals surface area contributed by atoms with Crippen molar-refractivity contribution in [2.45, 2.75) is 52.5 Å². The second-order valence-electron chi connectivity index (χ2n) is 4.11. The van der Waals surface area contributed by atoms with E-state index >= 15 is 0 Å². The topological polar surface area (TPSA) is 57.6 Å². The second-order valence-corrected chi connectivity index (χ2v) is 4.11. The quantitative estimate of drug-likeness (QED) is 0.736. The molecule has 88 valence electrons. The highest BCUT2D eigenvalue weighted by molar-refractivity contribution is 5.86. The van der Waals surface area contributed by atoms with Crippen molar-refractivity contribution in [1.29, 1.82) is 0 Å². The van der Waals surface area contributed by atoms with Crippen molar-refractivity contribution < 1.29 is 14.7 Å². The zero-order valence-corrected chi connectivity index (χ0v) is 10.0. The molecule has 1 amide bonds. The molecule has 1 N–H and O–H groups in total. The van der Waals surface area contributed by atoms with E-state index < -0.39 is 11.5 Å². The lowest BCUT2D eigenvalue weighted by atomic mass is 10.0. The van der Waals surface area contributed by atoms with Gasteiger partial charge in [0.15, 0.2) is 0 Å². The van der Waals surface area contributed by atoms with Crippen molar-refractivity contribution in [3.8, 4) is 0 Å². The zero-order valence-electron chi connectivity index (χ0n) is 10.0. The first-order valence-corrected chi connectivity index (χ1v) is 5.41. The summed E-state index contributed by atoms with van der Waals surface area (Å²) in [5, 5.41) is 9.02. The van der Waals surface area contributed by atoms with Crippen LogP contribution in [0.25, 0.3) is 0 Å². The molecule has 4 nitrogen and oxygen atoms in total. The van der Waals surface area contributed by atoms with Crippen LogP contribution in [0.5, 0.6) is 0 Å². The molecule has 15 heavy (non-hydrogen) atoms. The molecule has 0 radical (unpaired) electrons. The highest BCUT2D eigenvalue weighted by Crippen LogP contribution is 2.16. The lowest BCUT2D eigenvalue weighted by molar-refractivity contribution is -0.156. The summed E-state index contributed by atoms with van der Waals surface area (Å²) in [6.07, 6.45) is 2.18. The largest absolute Gasteiger partial charge is 0.480 e. The van der Waals surface area contributed by atoms with Gasteiger partial charge in [-0.25, -0.2) is 4.79 Å². The molecule has 0 fully saturated rings. The minimum atomic E-state index is -1.11. The van der Waals surface area contributed by atoms with Crippen LogP contribution in [0.4, 0.5) is 0 Å². The van der Waals surface area contributed by atoms with Crippen molar-refractivity contribution >= 4 is 11.9 Å². The first-order chi connectivity index (χ1) is 6.87. The fourth-order valence-corrected chi connectivity index (χ4v) is 1.46. The van der Waals surface area contributed by atoms with Gasteiger partial charge in [0.2, 0.25) is 5.91 Å². The summed E-state index contributed by atoms with van der Waals surface area (Å²) in [4.78, 5) is 24.2. The molecule has 0 atom stereocenters. The van der Waals surface area contributed by atoms with Gasteiger partial charge in [-0.1, -0.05) is 13.3 Å². The molecular weight excluding hydrogens is 194 g/mol. The van der Waals surface area contributed by atoms with E-state index in [1.54, 1.807) is 20.8 Å². The second kappa shape index (κ2) is 5.73. The van der Waals surface area contributed by atoms with Crippen LogP contribution in [-0.2, 0) is 9.59 Å². The van der Waals surface area contributed by atoms with Gasteiger partial charge in [0.1, 0.15) is 5.54 Å². The number of carbonyl (C=O) groups is 2. The number of amides is 1. The highest BCUT2D eigenvalue weighted by atomic mass is 16.4. The molecule has 0 rings (SSSR count). The number of carboxylic acids is 1. The molecular formula is C11H21NO3. The maximum atomic E-state index is 11.7. The molecule has 0 aromatic rings. The van der Waals surface area contributed by atoms with Crippen LogP contribution < -0.4 is 0 Å². The van der Waals surface area contributed by atoms with Gasteiger partial charge in [0.05, 0.1) is 0 Å². The maximum absolute atomic E-state index is 11.7. The van der Waals surface area contributed by atoms with Crippen molar-refractivity contribution in [2.24, 2.45) is 0 Å². The Kier molecular flexibility index (Phi) is 5.33. The molecule has 0 unspecified atom stereocenters. The van der Waals surface area contributed by atoms with Crippen molar-refractivity contribution in [1.82, 2.24) is 4.90 Å². The Morgan fingerprint density at radius 2 is 1.80 bits per heavy atom. The summed E-state index contributed by atoms with van der Waals surface area (Å²) in [5.74, 6) is -1.04. The van der Waals surface area contributed by atoms with E-state index in [4.69, 9.17) is 5.11 Å². The van der Waals surface area contributed by atoms with Crippen LogP contribution >= 0.6 is 0 Å². The normalized spacial score (nSPS) is 11.2. The Morgan fingerprint density at radius 3 is 2.13 bits per heavy atom. The van der Waals surface area contributed by atoms with Crippen LogP contribution in [0, 0.1) is 0 Å². The third-order valence-corrected chi connectivity index (χ3v) is 2.56. The van der Waals surface area contributed by atoms with Crippen LogP contribution in [0.15, 0.2) is 0 Å². The predicted octanol–water partition coefficient (Wildman–Crippen LogP) is 1.89. The molecule has 0 saturated heterocycles. The molecule has 0 aliphatic carbocycles. The van der Waals surface area contributed by atoms with Gasteiger partial charge in [0, 0.05) is 13.0 Å². The molecule has 0 bridgehead atoms.